The Labute approximate surface area is 153 Å². The van der Waals surface area contributed by atoms with E-state index in [1.807, 2.05) is 0 Å². The minimum atomic E-state index is -1.02. The van der Waals surface area contributed by atoms with E-state index in [2.05, 4.69) is 10.1 Å². The van der Waals surface area contributed by atoms with Crippen molar-refractivity contribution in [1.29, 1.82) is 0 Å². The van der Waals surface area contributed by atoms with Gasteiger partial charge >= 0.3 is 23.6 Å². The minimum Gasteiger partial charge on any atom is -0.466 e. The van der Waals surface area contributed by atoms with Crippen molar-refractivity contribution in [2.75, 3.05) is 25.1 Å². The summed E-state index contributed by atoms with van der Waals surface area (Å²) in [7, 11) is 0. The molecule has 0 radical (unpaired) electrons. The number of ether oxygens (including phenoxy) is 3. The van der Waals surface area contributed by atoms with Crippen LogP contribution in [-0.4, -0.2) is 54.3 Å². The predicted octanol–water partition coefficient (Wildman–Crippen LogP) is 1.41. The quantitative estimate of drug-likeness (QED) is 0.327. The molecule has 1 aromatic heterocycles. The topological polar surface area (TPSA) is 127 Å². The molecule has 1 aliphatic rings. The third kappa shape index (κ3) is 3.76. The average molecular weight is 381 g/mol. The van der Waals surface area contributed by atoms with Gasteiger partial charge in [-0.2, -0.15) is 4.79 Å². The van der Waals surface area contributed by atoms with Gasteiger partial charge in [0.1, 0.15) is 15.4 Å². The fourth-order valence-corrected chi connectivity index (χ4v) is 3.72. The number of carbonyl (C=O) groups excluding carboxylic acids is 3. The smallest absolute Gasteiger partial charge is 0.348 e. The van der Waals surface area contributed by atoms with Crippen LogP contribution in [0, 0.1) is 0 Å². The summed E-state index contributed by atoms with van der Waals surface area (Å²) in [5.41, 5.74) is 10.0. The van der Waals surface area contributed by atoms with E-state index in [0.29, 0.717) is 16.1 Å². The molecule has 0 bridgehead atoms. The maximum absolute atomic E-state index is 12.2. The van der Waals surface area contributed by atoms with Gasteiger partial charge in [0.15, 0.2) is 0 Å². The third-order valence-electron chi connectivity index (χ3n) is 3.53. The van der Waals surface area contributed by atoms with Crippen LogP contribution in [0.2, 0.25) is 0 Å². The molecule has 1 aromatic rings. The standard InChI is InChI=1S/C16H19N3O6S/c1-4-23-9(20)7-8-10-11(19-17)12(15(21)24-5-2)18-14(10)26-13(8)16(22)25-6-3/h12,18H,4-7H2,1-3H3. The van der Waals surface area contributed by atoms with Gasteiger partial charge < -0.3 is 25.1 Å². The van der Waals surface area contributed by atoms with Crippen LogP contribution in [0.4, 0.5) is 5.00 Å². The molecule has 140 valence electrons. The molecule has 10 heteroatoms. The van der Waals surface area contributed by atoms with Gasteiger partial charge in [0.2, 0.25) is 6.04 Å². The number of thiophene rings is 1. The Morgan fingerprint density at radius 2 is 1.77 bits per heavy atom. The number of nitrogens with zero attached hydrogens (tertiary/aromatic N) is 2. The van der Waals surface area contributed by atoms with E-state index < -0.39 is 23.9 Å². The van der Waals surface area contributed by atoms with Crippen LogP contribution in [-0.2, 0) is 30.2 Å². The molecule has 9 nitrogen and oxygen atoms in total. The molecule has 0 aromatic carbocycles. The molecule has 0 fully saturated rings. The summed E-state index contributed by atoms with van der Waals surface area (Å²) in [5, 5.41) is 3.31. The molecule has 0 saturated carbocycles. The van der Waals surface area contributed by atoms with Crippen LogP contribution in [0.3, 0.4) is 0 Å². The minimum absolute atomic E-state index is 0.00968. The first-order valence-corrected chi connectivity index (χ1v) is 8.93. The fraction of sp³-hybridized carbons (Fsp3) is 0.500. The van der Waals surface area contributed by atoms with Crippen LogP contribution >= 0.6 is 11.3 Å². The van der Waals surface area contributed by atoms with Crippen LogP contribution < -0.4 is 5.32 Å². The summed E-state index contributed by atoms with van der Waals surface area (Å²) in [6.07, 6.45) is -0.218. The molecule has 1 atom stereocenters. The van der Waals surface area contributed by atoms with Crippen molar-refractivity contribution in [3.05, 3.63) is 21.5 Å². The maximum Gasteiger partial charge on any atom is 0.348 e. The highest BCUT2D eigenvalue weighted by atomic mass is 32.1. The molecular formula is C16H19N3O6S. The number of nitrogens with one attached hydrogen (secondary N) is 1. The van der Waals surface area contributed by atoms with Crippen molar-refractivity contribution in [2.45, 2.75) is 33.2 Å². The summed E-state index contributed by atoms with van der Waals surface area (Å²) < 4.78 is 14.9. The first kappa shape index (κ1) is 19.6. The zero-order valence-corrected chi connectivity index (χ0v) is 15.5. The van der Waals surface area contributed by atoms with E-state index in [1.165, 1.54) is 0 Å². The van der Waals surface area contributed by atoms with Crippen LogP contribution in [0.15, 0.2) is 0 Å². The van der Waals surface area contributed by atoms with Crippen molar-refractivity contribution < 1.29 is 33.4 Å². The van der Waals surface area contributed by atoms with E-state index in [9.17, 15) is 19.9 Å². The Bertz CT molecular complexity index is 781. The van der Waals surface area contributed by atoms with Gasteiger partial charge in [-0.1, -0.05) is 0 Å². The molecule has 2 rings (SSSR count). The zero-order valence-electron chi connectivity index (χ0n) is 14.7. The van der Waals surface area contributed by atoms with E-state index >= 15 is 0 Å². The zero-order chi connectivity index (χ0) is 19.3. The molecule has 26 heavy (non-hydrogen) atoms. The number of hydrogen-bond donors (Lipinski definition) is 1. The lowest BCUT2D eigenvalue weighted by Crippen LogP contribution is -2.35. The second-order valence-electron chi connectivity index (χ2n) is 5.13. The van der Waals surface area contributed by atoms with E-state index in [-0.39, 0.29) is 36.8 Å². The Balaban J connectivity index is 2.49. The normalized spacial score (nSPS) is 14.9. The monoisotopic (exact) mass is 381 g/mol. The molecule has 0 saturated heterocycles. The van der Waals surface area contributed by atoms with Crippen molar-refractivity contribution in [3.63, 3.8) is 0 Å². The van der Waals surface area contributed by atoms with Crippen LogP contribution in [0.5, 0.6) is 0 Å². The molecule has 1 N–H and O–H groups in total. The fourth-order valence-electron chi connectivity index (χ4n) is 2.57. The predicted molar refractivity (Wildman–Crippen MR) is 92.4 cm³/mol. The Hall–Kier alpha value is -2.71. The van der Waals surface area contributed by atoms with Crippen molar-refractivity contribution >= 4 is 40.0 Å². The number of hydrogen-bond acceptors (Lipinski definition) is 8. The highest BCUT2D eigenvalue weighted by Gasteiger charge is 2.46. The van der Waals surface area contributed by atoms with Gasteiger partial charge in [-0.15, -0.1) is 11.3 Å². The number of rotatable bonds is 7. The highest BCUT2D eigenvalue weighted by molar-refractivity contribution is 7.18. The summed E-state index contributed by atoms with van der Waals surface area (Å²) in [6, 6.07) is -1.02. The largest absolute Gasteiger partial charge is 0.466 e. The summed E-state index contributed by atoms with van der Waals surface area (Å²) in [6.45, 7) is 5.50. The van der Waals surface area contributed by atoms with Gasteiger partial charge in [-0.3, -0.25) is 4.79 Å². The highest BCUT2D eigenvalue weighted by Crippen LogP contribution is 2.40. The molecule has 1 unspecified atom stereocenters. The number of carbonyl (C=O) groups is 3. The maximum atomic E-state index is 12.2. The van der Waals surface area contributed by atoms with E-state index in [1.54, 1.807) is 20.8 Å². The Kier molecular flexibility index (Phi) is 6.48. The number of anilines is 1. The van der Waals surface area contributed by atoms with Gasteiger partial charge in [-0.25, -0.2) is 9.59 Å². The number of esters is 3. The van der Waals surface area contributed by atoms with E-state index in [0.717, 1.165) is 11.3 Å². The number of fused-ring (bicyclic) bond motifs is 1. The molecule has 1 aliphatic heterocycles. The lowest BCUT2D eigenvalue weighted by atomic mass is 10.0. The van der Waals surface area contributed by atoms with Crippen molar-refractivity contribution in [1.82, 2.24) is 0 Å². The molecule has 0 amide bonds. The second kappa shape index (κ2) is 8.59. The SMILES string of the molecule is CCOC(=O)Cc1c(C(=O)OCC)sc2c1C(=[N+]=[N-])C(C(=O)OCC)N2. The third-order valence-corrected chi connectivity index (χ3v) is 4.67. The van der Waals surface area contributed by atoms with Gasteiger partial charge in [0, 0.05) is 5.56 Å². The van der Waals surface area contributed by atoms with Crippen LogP contribution in [0.1, 0.15) is 41.6 Å². The Morgan fingerprint density at radius 3 is 2.35 bits per heavy atom. The summed E-state index contributed by atoms with van der Waals surface area (Å²) in [5.74, 6) is -1.77. The Morgan fingerprint density at radius 1 is 1.12 bits per heavy atom. The van der Waals surface area contributed by atoms with Crippen molar-refractivity contribution in [3.8, 4) is 0 Å². The van der Waals surface area contributed by atoms with Gasteiger partial charge in [-0.05, 0) is 20.8 Å². The first-order chi connectivity index (χ1) is 12.5. The van der Waals surface area contributed by atoms with Crippen molar-refractivity contribution in [2.24, 2.45) is 0 Å². The van der Waals surface area contributed by atoms with Gasteiger partial charge in [0.25, 0.3) is 0 Å². The first-order valence-electron chi connectivity index (χ1n) is 8.12. The lowest BCUT2D eigenvalue weighted by molar-refractivity contribution is -0.143. The van der Waals surface area contributed by atoms with Crippen LogP contribution in [0.25, 0.3) is 5.53 Å². The molecular weight excluding hydrogens is 362 g/mol. The van der Waals surface area contributed by atoms with Gasteiger partial charge in [0.05, 0.1) is 26.2 Å². The molecule has 2 heterocycles. The van der Waals surface area contributed by atoms with E-state index in [4.69, 9.17) is 14.2 Å². The average Bonchev–Trinajstić information content (AvgIpc) is 3.12. The molecule has 0 aliphatic carbocycles. The molecule has 0 spiro atoms. The summed E-state index contributed by atoms with van der Waals surface area (Å²) >= 11 is 1.02. The lowest BCUT2D eigenvalue weighted by Gasteiger charge is -2.08. The second-order valence-corrected chi connectivity index (χ2v) is 6.15. The summed E-state index contributed by atoms with van der Waals surface area (Å²) in [4.78, 5) is 39.7.